The van der Waals surface area contributed by atoms with Crippen LogP contribution in [0.25, 0.3) is 0 Å². The van der Waals surface area contributed by atoms with Crippen molar-refractivity contribution in [2.45, 2.75) is 20.5 Å². The summed E-state index contributed by atoms with van der Waals surface area (Å²) < 4.78 is 11.7. The molecule has 3 aromatic rings. The Morgan fingerprint density at radius 1 is 0.893 bits per heavy atom. The van der Waals surface area contributed by atoms with Crippen LogP contribution in [-0.2, 0) is 6.61 Å². The Morgan fingerprint density at radius 2 is 1.68 bits per heavy atom. The summed E-state index contributed by atoms with van der Waals surface area (Å²) in [6, 6.07) is 19.0. The molecule has 0 radical (unpaired) electrons. The summed E-state index contributed by atoms with van der Waals surface area (Å²) >= 11 is 12.4. The third-order valence-electron chi connectivity index (χ3n) is 4.20. The molecule has 0 heterocycles. The molecule has 0 saturated carbocycles. The van der Waals surface area contributed by atoms with Crippen LogP contribution in [0.15, 0.2) is 65.7 Å². The van der Waals surface area contributed by atoms with E-state index in [9.17, 15) is 0 Å². The van der Waals surface area contributed by atoms with Crippen molar-refractivity contribution in [2.24, 2.45) is 4.99 Å². The molecule has 0 bridgehead atoms. The van der Waals surface area contributed by atoms with E-state index in [0.29, 0.717) is 34.8 Å². The van der Waals surface area contributed by atoms with Gasteiger partial charge in [-0.3, -0.25) is 4.99 Å². The van der Waals surface area contributed by atoms with Crippen LogP contribution in [0, 0.1) is 6.92 Å². The van der Waals surface area contributed by atoms with Crippen LogP contribution in [0.5, 0.6) is 11.5 Å². The van der Waals surface area contributed by atoms with Crippen LogP contribution < -0.4 is 9.47 Å². The molecule has 0 aliphatic carbocycles. The molecule has 5 heteroatoms. The lowest BCUT2D eigenvalue weighted by Gasteiger charge is -2.13. The largest absolute Gasteiger partial charge is 0.490 e. The first-order chi connectivity index (χ1) is 13.6. The van der Waals surface area contributed by atoms with Gasteiger partial charge in [0.15, 0.2) is 11.5 Å². The van der Waals surface area contributed by atoms with Crippen molar-refractivity contribution in [1.82, 2.24) is 0 Å². The van der Waals surface area contributed by atoms with Crippen molar-refractivity contribution in [3.05, 3.63) is 87.4 Å². The van der Waals surface area contributed by atoms with Gasteiger partial charge in [0.2, 0.25) is 0 Å². The highest BCUT2D eigenvalue weighted by atomic mass is 35.5. The van der Waals surface area contributed by atoms with E-state index in [1.54, 1.807) is 6.21 Å². The summed E-state index contributed by atoms with van der Waals surface area (Å²) in [6.45, 7) is 4.80. The summed E-state index contributed by atoms with van der Waals surface area (Å²) in [4.78, 5) is 4.55. The van der Waals surface area contributed by atoms with Gasteiger partial charge in [-0.25, -0.2) is 0 Å². The Kier molecular flexibility index (Phi) is 6.96. The predicted molar refractivity (Wildman–Crippen MR) is 117 cm³/mol. The molecular weight excluding hydrogens is 393 g/mol. The summed E-state index contributed by atoms with van der Waals surface area (Å²) in [5, 5.41) is 1.38. The van der Waals surface area contributed by atoms with Crippen LogP contribution in [0.2, 0.25) is 10.0 Å². The maximum atomic E-state index is 6.20. The zero-order chi connectivity index (χ0) is 19.9. The lowest BCUT2D eigenvalue weighted by atomic mass is 10.2. The van der Waals surface area contributed by atoms with Gasteiger partial charge in [-0.15, -0.1) is 0 Å². The molecule has 144 valence electrons. The molecule has 0 aliphatic heterocycles. The summed E-state index contributed by atoms with van der Waals surface area (Å²) in [6.07, 6.45) is 1.79. The van der Waals surface area contributed by atoms with Gasteiger partial charge in [-0.05, 0) is 61.4 Å². The Bertz CT molecular complexity index is 986. The second kappa shape index (κ2) is 9.63. The average molecular weight is 414 g/mol. The predicted octanol–water partition coefficient (Wildman–Crippen LogP) is 7.03. The van der Waals surface area contributed by atoms with E-state index in [1.165, 1.54) is 0 Å². The van der Waals surface area contributed by atoms with Crippen molar-refractivity contribution < 1.29 is 9.47 Å². The van der Waals surface area contributed by atoms with Crippen LogP contribution in [0.4, 0.5) is 5.69 Å². The lowest BCUT2D eigenvalue weighted by molar-refractivity contribution is 0.269. The average Bonchev–Trinajstić information content (AvgIpc) is 2.70. The first-order valence-corrected chi connectivity index (χ1v) is 9.76. The number of ether oxygens (including phenoxy) is 2. The van der Waals surface area contributed by atoms with Crippen LogP contribution >= 0.6 is 23.2 Å². The van der Waals surface area contributed by atoms with Gasteiger partial charge >= 0.3 is 0 Å². The van der Waals surface area contributed by atoms with Crippen molar-refractivity contribution in [3.63, 3.8) is 0 Å². The third-order valence-corrected chi connectivity index (χ3v) is 4.98. The fraction of sp³-hybridized carbons (Fsp3) is 0.174. The van der Waals surface area contributed by atoms with E-state index in [1.807, 2.05) is 74.5 Å². The minimum Gasteiger partial charge on any atom is -0.490 e. The number of benzene rings is 3. The minimum atomic E-state index is 0.370. The normalized spacial score (nSPS) is 11.0. The molecule has 0 N–H and O–H groups in total. The van der Waals surface area contributed by atoms with Gasteiger partial charge in [0.1, 0.15) is 6.61 Å². The topological polar surface area (TPSA) is 30.8 Å². The molecular formula is C23H21Cl2NO2. The zero-order valence-electron chi connectivity index (χ0n) is 15.8. The van der Waals surface area contributed by atoms with Crippen LogP contribution in [0.1, 0.15) is 23.6 Å². The molecule has 0 amide bonds. The van der Waals surface area contributed by atoms with Crippen molar-refractivity contribution in [2.75, 3.05) is 6.61 Å². The quantitative estimate of drug-likeness (QED) is 0.389. The number of rotatable bonds is 7. The minimum absolute atomic E-state index is 0.370. The number of aliphatic imine (C=N–C) groups is 1. The first-order valence-electron chi connectivity index (χ1n) is 9.00. The highest BCUT2D eigenvalue weighted by Gasteiger charge is 2.08. The number of halogens is 2. The molecule has 0 saturated heterocycles. The molecule has 0 spiro atoms. The molecule has 0 aliphatic rings. The van der Waals surface area contributed by atoms with Gasteiger partial charge < -0.3 is 9.47 Å². The van der Waals surface area contributed by atoms with E-state index in [2.05, 4.69) is 4.99 Å². The van der Waals surface area contributed by atoms with Crippen molar-refractivity contribution in [1.29, 1.82) is 0 Å². The fourth-order valence-electron chi connectivity index (χ4n) is 2.64. The Morgan fingerprint density at radius 3 is 2.46 bits per heavy atom. The van der Waals surface area contributed by atoms with E-state index in [-0.39, 0.29) is 0 Å². The monoisotopic (exact) mass is 413 g/mol. The maximum Gasteiger partial charge on any atom is 0.161 e. The highest BCUT2D eigenvalue weighted by molar-refractivity contribution is 6.31. The van der Waals surface area contributed by atoms with Gasteiger partial charge in [0.05, 0.1) is 12.3 Å². The zero-order valence-corrected chi connectivity index (χ0v) is 17.3. The van der Waals surface area contributed by atoms with Crippen LogP contribution in [-0.4, -0.2) is 12.8 Å². The van der Waals surface area contributed by atoms with E-state index < -0.39 is 0 Å². The summed E-state index contributed by atoms with van der Waals surface area (Å²) in [5.74, 6) is 1.33. The summed E-state index contributed by atoms with van der Waals surface area (Å²) in [5.41, 5.74) is 3.62. The van der Waals surface area contributed by atoms with Gasteiger partial charge in [0, 0.05) is 21.8 Å². The van der Waals surface area contributed by atoms with Gasteiger partial charge in [0.25, 0.3) is 0 Å². The third kappa shape index (κ3) is 5.06. The Labute approximate surface area is 175 Å². The Balaban J connectivity index is 1.79. The first kappa shape index (κ1) is 20.2. The Hall–Kier alpha value is -2.49. The SMILES string of the molecule is CCOc1cc(C=Nc2cccc(Cl)c2C)ccc1OCc1ccccc1Cl. The lowest BCUT2D eigenvalue weighted by Crippen LogP contribution is -2.01. The molecule has 28 heavy (non-hydrogen) atoms. The van der Waals surface area contributed by atoms with Crippen molar-refractivity contribution in [3.8, 4) is 11.5 Å². The van der Waals surface area contributed by atoms with E-state index >= 15 is 0 Å². The molecule has 0 atom stereocenters. The maximum absolute atomic E-state index is 6.20. The smallest absolute Gasteiger partial charge is 0.161 e. The van der Waals surface area contributed by atoms with Crippen LogP contribution in [0.3, 0.4) is 0 Å². The van der Waals surface area contributed by atoms with E-state index in [4.69, 9.17) is 32.7 Å². The highest BCUT2D eigenvalue weighted by Crippen LogP contribution is 2.30. The molecule has 3 aromatic carbocycles. The van der Waals surface area contributed by atoms with Gasteiger partial charge in [-0.1, -0.05) is 47.5 Å². The second-order valence-corrected chi connectivity index (χ2v) is 6.98. The van der Waals surface area contributed by atoms with E-state index in [0.717, 1.165) is 22.4 Å². The molecule has 0 aromatic heterocycles. The summed E-state index contributed by atoms with van der Waals surface area (Å²) in [7, 11) is 0. The molecule has 0 unspecified atom stereocenters. The standard InChI is InChI=1S/C23H21Cl2NO2/c1-3-27-23-13-17(14-26-21-10-6-9-19(24)16(21)2)11-12-22(23)28-15-18-7-4-5-8-20(18)25/h4-14H,3,15H2,1-2H3. The number of hydrogen-bond acceptors (Lipinski definition) is 3. The second-order valence-electron chi connectivity index (χ2n) is 6.16. The molecule has 3 nitrogen and oxygen atoms in total. The molecule has 3 rings (SSSR count). The number of nitrogens with zero attached hydrogens (tertiary/aromatic N) is 1. The van der Waals surface area contributed by atoms with Gasteiger partial charge in [-0.2, -0.15) is 0 Å². The van der Waals surface area contributed by atoms with Crippen molar-refractivity contribution >= 4 is 35.1 Å². The number of hydrogen-bond donors (Lipinski definition) is 0. The fourth-order valence-corrected chi connectivity index (χ4v) is 3.00. The molecule has 0 fully saturated rings.